The highest BCUT2D eigenvalue weighted by atomic mass is 15.2. The van der Waals surface area contributed by atoms with Crippen LogP contribution in [0.5, 0.6) is 0 Å². The normalized spacial score (nSPS) is 14.4. The van der Waals surface area contributed by atoms with Gasteiger partial charge in [-0.2, -0.15) is 0 Å². The summed E-state index contributed by atoms with van der Waals surface area (Å²) in [5.41, 5.74) is 18.7. The molecule has 0 atom stereocenters. The van der Waals surface area contributed by atoms with Gasteiger partial charge in [-0.15, -0.1) is 0 Å². The number of anilines is 6. The SMILES string of the molecule is [2H]c1cc(-c2ccccc2)c(N2c3cc(-c4c([2H])c([2H])c([2H])c([2H])c4[2H])ccc3B3c4ccc(-c5c([2H])c([2H])c([2H])c([2H])c5[2H])cc4N(c4c(-c5ccccc5)cc([2H])cc4-c4ccccc4)c4cc(-c5c(C)cc(C)cc5C)cc2c43)c(-c2ccccc2)c1. The lowest BCUT2D eigenvalue weighted by atomic mass is 9.33. The summed E-state index contributed by atoms with van der Waals surface area (Å²) in [5.74, 6) is 0. The summed E-state index contributed by atoms with van der Waals surface area (Å²) >= 11 is 0. The first kappa shape index (κ1) is 35.5. The molecular weight excluding hydrogens is 940 g/mol. The van der Waals surface area contributed by atoms with Gasteiger partial charge in [0.2, 0.25) is 0 Å². The largest absolute Gasteiger partial charge is 0.310 e. The van der Waals surface area contributed by atoms with Crippen molar-refractivity contribution in [2.75, 3.05) is 9.80 Å². The van der Waals surface area contributed by atoms with Crippen LogP contribution in [0.2, 0.25) is 0 Å². The van der Waals surface area contributed by atoms with Gasteiger partial charge in [0.25, 0.3) is 6.71 Å². The van der Waals surface area contributed by atoms with Crippen LogP contribution in [0.15, 0.2) is 279 Å². The van der Waals surface area contributed by atoms with E-state index in [1.807, 2.05) is 182 Å². The van der Waals surface area contributed by atoms with Gasteiger partial charge in [-0.1, -0.05) is 260 Å². The molecule has 2 aliphatic rings. The molecule has 0 saturated carbocycles. The Morgan fingerprint density at radius 3 is 1.01 bits per heavy atom. The second-order valence-corrected chi connectivity index (χ2v) is 20.1. The van der Waals surface area contributed by atoms with Crippen molar-refractivity contribution in [1.29, 1.82) is 0 Å². The van der Waals surface area contributed by atoms with Crippen LogP contribution in [-0.4, -0.2) is 6.71 Å². The maximum atomic E-state index is 9.60. The van der Waals surface area contributed by atoms with Crippen molar-refractivity contribution in [3.8, 4) is 77.9 Å². The van der Waals surface area contributed by atoms with E-state index in [-0.39, 0.29) is 47.4 Å². The summed E-state index contributed by atoms with van der Waals surface area (Å²) in [6.07, 6.45) is 0. The van der Waals surface area contributed by atoms with E-state index in [1.165, 1.54) is 0 Å². The van der Waals surface area contributed by atoms with E-state index in [0.29, 0.717) is 22.5 Å². The predicted octanol–water partition coefficient (Wildman–Crippen LogP) is 18.4. The molecule has 14 rings (SSSR count). The van der Waals surface area contributed by atoms with E-state index >= 15 is 0 Å². The maximum absolute atomic E-state index is 9.60. The van der Waals surface area contributed by atoms with Crippen molar-refractivity contribution >= 4 is 57.2 Å². The molecule has 0 radical (unpaired) electrons. The first-order valence-corrected chi connectivity index (χ1v) is 26.2. The van der Waals surface area contributed by atoms with Gasteiger partial charge in [0.05, 0.1) is 27.8 Å². The van der Waals surface area contributed by atoms with Crippen LogP contribution >= 0.6 is 0 Å². The van der Waals surface area contributed by atoms with Crippen molar-refractivity contribution in [3.05, 3.63) is 295 Å². The quantitative estimate of drug-likeness (QED) is 0.133. The lowest BCUT2D eigenvalue weighted by molar-refractivity contribution is 1.25. The fourth-order valence-electron chi connectivity index (χ4n) is 12.2. The van der Waals surface area contributed by atoms with E-state index in [4.69, 9.17) is 8.22 Å². The lowest BCUT2D eigenvalue weighted by Gasteiger charge is -2.46. The number of fused-ring (bicyclic) bond motifs is 4. The third-order valence-electron chi connectivity index (χ3n) is 15.3. The third kappa shape index (κ3) is 7.97. The molecule has 0 amide bonds. The van der Waals surface area contributed by atoms with Gasteiger partial charge in [-0.25, -0.2) is 0 Å². The molecule has 0 unspecified atom stereocenters. The Balaban J connectivity index is 1.22. The standard InChI is InChI=1S/C75H55BN2/c1-50-44-51(2)72(52(3)45-50)61-48-70-73-71(49-61)78(75-64(57-32-18-8-19-33-57)38-23-39-65(75)58-34-20-9-21-35-58)69-47-60(54-26-12-5-13-27-54)41-43-67(69)76(73)66-42-40-59(53-24-10-4-11-25-53)46-68(66)77(70)74-62(55-28-14-6-15-29-55)36-22-37-63(74)56-30-16-7-17-31-56/h4-49H,1-3H3/i4D,5D,10D,11D,12D,13D,22D,23D,24D,25D,26D,27D. The first-order valence-electron chi connectivity index (χ1n) is 32.2. The molecule has 12 aromatic carbocycles. The summed E-state index contributed by atoms with van der Waals surface area (Å²) in [5, 5.41) is 0. The monoisotopic (exact) mass is 1010 g/mol. The molecule has 0 spiro atoms. The minimum absolute atomic E-state index is 0.0289. The number of benzene rings is 12. The van der Waals surface area contributed by atoms with Crippen LogP contribution in [0, 0.1) is 20.8 Å². The molecule has 0 fully saturated rings. The fourth-order valence-corrected chi connectivity index (χ4v) is 12.2. The number of aryl methyl sites for hydroxylation is 3. The predicted molar refractivity (Wildman–Crippen MR) is 333 cm³/mol. The van der Waals surface area contributed by atoms with Crippen molar-refractivity contribution in [3.63, 3.8) is 0 Å². The fraction of sp³-hybridized carbons (Fsp3) is 0.0400. The van der Waals surface area contributed by atoms with Gasteiger partial charge in [-0.05, 0) is 128 Å². The average molecular weight is 1010 g/mol. The van der Waals surface area contributed by atoms with E-state index in [1.54, 1.807) is 0 Å². The molecule has 12 aromatic rings. The number of hydrogen-bond donors (Lipinski definition) is 0. The Bertz CT molecular complexity index is 4490. The van der Waals surface area contributed by atoms with E-state index < -0.39 is 43.0 Å². The second kappa shape index (κ2) is 19.5. The van der Waals surface area contributed by atoms with Gasteiger partial charge < -0.3 is 9.80 Å². The highest BCUT2D eigenvalue weighted by Gasteiger charge is 2.45. The molecule has 368 valence electrons. The summed E-state index contributed by atoms with van der Waals surface area (Å²) in [6.45, 7) is 5.67. The van der Waals surface area contributed by atoms with Crippen molar-refractivity contribution in [2.45, 2.75) is 20.8 Å². The zero-order valence-electron chi connectivity index (χ0n) is 55.1. The van der Waals surface area contributed by atoms with Gasteiger partial charge in [-0.3, -0.25) is 0 Å². The summed E-state index contributed by atoms with van der Waals surface area (Å²) < 4.78 is 110. The van der Waals surface area contributed by atoms with Gasteiger partial charge >= 0.3 is 0 Å². The highest BCUT2D eigenvalue weighted by molar-refractivity contribution is 7.00. The molecular formula is C75H55BN2. The van der Waals surface area contributed by atoms with Crippen LogP contribution in [-0.2, 0) is 0 Å². The number of para-hydroxylation sites is 2. The zero-order valence-corrected chi connectivity index (χ0v) is 43.1. The van der Waals surface area contributed by atoms with Crippen LogP contribution in [0.25, 0.3) is 77.9 Å². The van der Waals surface area contributed by atoms with Crippen LogP contribution in [0.4, 0.5) is 34.1 Å². The number of rotatable bonds is 9. The number of nitrogens with zero attached hydrogens (tertiary/aromatic N) is 2. The Kier molecular flexibility index (Phi) is 8.87. The summed E-state index contributed by atoms with van der Waals surface area (Å²) in [4.78, 5) is 4.51. The minimum Gasteiger partial charge on any atom is -0.310 e. The maximum Gasteiger partial charge on any atom is 0.252 e. The lowest BCUT2D eigenvalue weighted by Crippen LogP contribution is -2.61. The Hall–Kier alpha value is -9.70. The van der Waals surface area contributed by atoms with Crippen molar-refractivity contribution in [2.24, 2.45) is 0 Å². The third-order valence-corrected chi connectivity index (χ3v) is 15.3. The average Bonchev–Trinajstić information content (AvgIpc) is 0.715. The molecule has 2 heterocycles. The second-order valence-electron chi connectivity index (χ2n) is 20.1. The van der Waals surface area contributed by atoms with Gasteiger partial charge in [0, 0.05) is 45.0 Å². The highest BCUT2D eigenvalue weighted by Crippen LogP contribution is 2.54. The van der Waals surface area contributed by atoms with E-state index in [9.17, 15) is 8.22 Å². The van der Waals surface area contributed by atoms with Crippen molar-refractivity contribution in [1.82, 2.24) is 0 Å². The van der Waals surface area contributed by atoms with E-state index in [0.717, 1.165) is 111 Å². The first-order chi connectivity index (χ1) is 43.4. The van der Waals surface area contributed by atoms with Crippen LogP contribution in [0.1, 0.15) is 33.1 Å². The van der Waals surface area contributed by atoms with Gasteiger partial charge in [0.15, 0.2) is 0 Å². The molecule has 0 N–H and O–H groups in total. The molecule has 2 nitrogen and oxygen atoms in total. The molecule has 78 heavy (non-hydrogen) atoms. The van der Waals surface area contributed by atoms with E-state index in [2.05, 4.69) is 54.8 Å². The molecule has 3 heteroatoms. The molecule has 0 aromatic heterocycles. The zero-order chi connectivity index (χ0) is 62.7. The van der Waals surface area contributed by atoms with Crippen LogP contribution < -0.4 is 26.2 Å². The Morgan fingerprint density at radius 2 is 0.654 bits per heavy atom. The molecule has 0 aliphatic carbocycles. The molecule has 0 bridgehead atoms. The Morgan fingerprint density at radius 1 is 0.308 bits per heavy atom. The summed E-state index contributed by atoms with van der Waals surface area (Å²) in [6, 6.07) is 64.0. The van der Waals surface area contributed by atoms with Crippen LogP contribution in [0.3, 0.4) is 0 Å². The smallest absolute Gasteiger partial charge is 0.252 e. The van der Waals surface area contributed by atoms with Gasteiger partial charge in [0.1, 0.15) is 0 Å². The summed E-state index contributed by atoms with van der Waals surface area (Å²) in [7, 11) is 0. The topological polar surface area (TPSA) is 6.48 Å². The molecule has 0 saturated heterocycles. The van der Waals surface area contributed by atoms with Crippen molar-refractivity contribution < 1.29 is 16.4 Å². The number of hydrogen-bond acceptors (Lipinski definition) is 2. The Labute approximate surface area is 475 Å². The molecule has 2 aliphatic heterocycles. The minimum atomic E-state index is -0.642.